The number of unbranched alkanes of at least 4 members (excludes halogenated alkanes) is 11. The van der Waals surface area contributed by atoms with Crippen LogP contribution in [-0.4, -0.2) is 12.1 Å². The normalized spacial score (nSPS) is 19.6. The number of cyclic esters (lactones) is 1. The van der Waals surface area contributed by atoms with E-state index in [0.29, 0.717) is 0 Å². The number of carbonyl (C=O) groups excluding carboxylic acids is 1. The summed E-state index contributed by atoms with van der Waals surface area (Å²) in [5.74, 6) is 0.252. The maximum Gasteiger partial charge on any atom is 0.313 e. The fraction of sp³-hybridized carbons (Fsp3) is 0.773. The Morgan fingerprint density at radius 2 is 1.17 bits per heavy atom. The second kappa shape index (κ2) is 14.3. The minimum atomic E-state index is 0.0519. The molecular weight excluding hydrogens is 296 g/mol. The Morgan fingerprint density at radius 3 is 1.67 bits per heavy atom. The highest BCUT2D eigenvalue weighted by molar-refractivity contribution is 5.78. The van der Waals surface area contributed by atoms with Gasteiger partial charge in [0.2, 0.25) is 0 Å². The molecule has 24 heavy (non-hydrogen) atoms. The van der Waals surface area contributed by atoms with Crippen LogP contribution in [0.3, 0.4) is 0 Å². The molecule has 0 amide bonds. The molecule has 0 radical (unpaired) electrons. The molecular formula is C22H38O2. The van der Waals surface area contributed by atoms with Gasteiger partial charge in [-0.3, -0.25) is 4.79 Å². The Kier molecular flexibility index (Phi) is 12.5. The molecule has 1 fully saturated rings. The van der Waals surface area contributed by atoms with Crippen molar-refractivity contribution in [2.75, 3.05) is 0 Å². The molecule has 138 valence electrons. The summed E-state index contributed by atoms with van der Waals surface area (Å²) in [7, 11) is 0. The number of carbonyl (C=O) groups is 1. The Balaban J connectivity index is 1.95. The second-order valence-corrected chi connectivity index (χ2v) is 7.20. The molecule has 2 heteroatoms. The van der Waals surface area contributed by atoms with E-state index in [0.717, 1.165) is 25.7 Å². The molecule has 1 aliphatic heterocycles. The van der Waals surface area contributed by atoms with Crippen LogP contribution in [0.1, 0.15) is 96.3 Å². The van der Waals surface area contributed by atoms with E-state index in [1.807, 2.05) is 12.2 Å². The summed E-state index contributed by atoms with van der Waals surface area (Å²) >= 11 is 0. The topological polar surface area (TPSA) is 26.3 Å². The van der Waals surface area contributed by atoms with Crippen molar-refractivity contribution in [2.45, 2.75) is 102 Å². The van der Waals surface area contributed by atoms with E-state index in [9.17, 15) is 4.79 Å². The molecule has 2 unspecified atom stereocenters. The van der Waals surface area contributed by atoms with Gasteiger partial charge in [0.05, 0.1) is 5.92 Å². The summed E-state index contributed by atoms with van der Waals surface area (Å²) in [5, 5.41) is 0. The van der Waals surface area contributed by atoms with Crippen molar-refractivity contribution in [1.29, 1.82) is 0 Å². The molecule has 0 saturated carbocycles. The third-order valence-electron chi connectivity index (χ3n) is 5.09. The maximum atomic E-state index is 11.6. The van der Waals surface area contributed by atoms with Crippen LogP contribution in [-0.2, 0) is 9.53 Å². The van der Waals surface area contributed by atoms with Crippen LogP contribution in [0, 0.1) is 5.92 Å². The Labute approximate surface area is 149 Å². The molecule has 0 aromatic heterocycles. The number of allylic oxidation sites excluding steroid dienone is 2. The van der Waals surface area contributed by atoms with E-state index in [1.54, 1.807) is 0 Å². The smallest absolute Gasteiger partial charge is 0.313 e. The van der Waals surface area contributed by atoms with Crippen LogP contribution in [0.15, 0.2) is 25.3 Å². The predicted octanol–water partition coefficient (Wildman–Crippen LogP) is 6.75. The monoisotopic (exact) mass is 334 g/mol. The highest BCUT2D eigenvalue weighted by atomic mass is 16.6. The van der Waals surface area contributed by atoms with Crippen molar-refractivity contribution < 1.29 is 9.53 Å². The average molecular weight is 335 g/mol. The van der Waals surface area contributed by atoms with Crippen molar-refractivity contribution in [2.24, 2.45) is 5.92 Å². The lowest BCUT2D eigenvalue weighted by Gasteiger charge is -2.35. The lowest BCUT2D eigenvalue weighted by Crippen LogP contribution is -2.44. The summed E-state index contributed by atoms with van der Waals surface area (Å²) < 4.78 is 5.36. The summed E-state index contributed by atoms with van der Waals surface area (Å²) in [4.78, 5) is 11.6. The van der Waals surface area contributed by atoms with Crippen LogP contribution in [0.2, 0.25) is 0 Å². The van der Waals surface area contributed by atoms with E-state index in [1.165, 1.54) is 70.6 Å². The molecule has 1 saturated heterocycles. The van der Waals surface area contributed by atoms with Crippen LogP contribution >= 0.6 is 0 Å². The predicted molar refractivity (Wildman–Crippen MR) is 103 cm³/mol. The van der Waals surface area contributed by atoms with E-state index in [2.05, 4.69) is 13.2 Å². The minimum absolute atomic E-state index is 0.0519. The van der Waals surface area contributed by atoms with Crippen LogP contribution < -0.4 is 0 Å². The Morgan fingerprint density at radius 1 is 0.708 bits per heavy atom. The fourth-order valence-corrected chi connectivity index (χ4v) is 3.49. The number of ether oxygens (including phenoxy) is 1. The first kappa shape index (κ1) is 21.0. The summed E-state index contributed by atoms with van der Waals surface area (Å²) in [6.45, 7) is 7.51. The first-order chi connectivity index (χ1) is 11.8. The standard InChI is InChI=1S/C22H38O2/c1-3-5-7-9-11-13-15-17-19-21-20(22(23)24-21)18-16-14-12-10-8-6-4-2/h3-4,20-21H,1-2,5-19H2. The van der Waals surface area contributed by atoms with Gasteiger partial charge in [-0.1, -0.05) is 63.5 Å². The molecule has 1 heterocycles. The van der Waals surface area contributed by atoms with Gasteiger partial charge in [-0.15, -0.1) is 13.2 Å². The largest absolute Gasteiger partial charge is 0.461 e. The van der Waals surface area contributed by atoms with Gasteiger partial charge < -0.3 is 4.74 Å². The average Bonchev–Trinajstić information content (AvgIpc) is 2.58. The summed E-state index contributed by atoms with van der Waals surface area (Å²) in [5.41, 5.74) is 0. The van der Waals surface area contributed by atoms with Gasteiger partial charge in [0.25, 0.3) is 0 Å². The van der Waals surface area contributed by atoms with Crippen molar-refractivity contribution in [1.82, 2.24) is 0 Å². The molecule has 0 bridgehead atoms. The van der Waals surface area contributed by atoms with E-state index < -0.39 is 0 Å². The molecule has 2 atom stereocenters. The molecule has 1 rings (SSSR count). The van der Waals surface area contributed by atoms with Gasteiger partial charge in [-0.2, -0.15) is 0 Å². The molecule has 1 aliphatic rings. The van der Waals surface area contributed by atoms with Crippen molar-refractivity contribution >= 4 is 5.97 Å². The SMILES string of the molecule is C=CCCCCCCCCC1OC(=O)C1CCCCCCCC=C. The second-order valence-electron chi connectivity index (χ2n) is 7.20. The fourth-order valence-electron chi connectivity index (χ4n) is 3.49. The van der Waals surface area contributed by atoms with Gasteiger partial charge in [-0.25, -0.2) is 0 Å². The van der Waals surface area contributed by atoms with Gasteiger partial charge >= 0.3 is 5.97 Å². The number of hydrogen-bond acceptors (Lipinski definition) is 2. The van der Waals surface area contributed by atoms with Crippen LogP contribution in [0.25, 0.3) is 0 Å². The molecule has 0 spiro atoms. The van der Waals surface area contributed by atoms with Crippen molar-refractivity contribution in [3.05, 3.63) is 25.3 Å². The number of esters is 1. The third-order valence-corrected chi connectivity index (χ3v) is 5.09. The van der Waals surface area contributed by atoms with Crippen molar-refractivity contribution in [3.63, 3.8) is 0 Å². The quantitative estimate of drug-likeness (QED) is 0.167. The van der Waals surface area contributed by atoms with Crippen molar-refractivity contribution in [3.8, 4) is 0 Å². The van der Waals surface area contributed by atoms with E-state index in [4.69, 9.17) is 4.74 Å². The first-order valence-corrected chi connectivity index (χ1v) is 10.2. The Bertz CT molecular complexity index is 348. The summed E-state index contributed by atoms with van der Waals surface area (Å²) in [6, 6.07) is 0. The minimum Gasteiger partial charge on any atom is -0.461 e. The lowest BCUT2D eigenvalue weighted by atomic mass is 9.87. The van der Waals surface area contributed by atoms with Crippen LogP contribution in [0.5, 0.6) is 0 Å². The zero-order valence-corrected chi connectivity index (χ0v) is 15.6. The third kappa shape index (κ3) is 9.30. The summed E-state index contributed by atoms with van der Waals surface area (Å²) in [6.07, 6.45) is 22.6. The highest BCUT2D eigenvalue weighted by Crippen LogP contribution is 2.31. The molecule has 2 nitrogen and oxygen atoms in total. The first-order valence-electron chi connectivity index (χ1n) is 10.2. The van der Waals surface area contributed by atoms with E-state index in [-0.39, 0.29) is 18.0 Å². The Hall–Kier alpha value is -1.05. The van der Waals surface area contributed by atoms with E-state index >= 15 is 0 Å². The lowest BCUT2D eigenvalue weighted by molar-refractivity contribution is -0.186. The molecule has 0 N–H and O–H groups in total. The highest BCUT2D eigenvalue weighted by Gasteiger charge is 2.40. The number of rotatable bonds is 17. The van der Waals surface area contributed by atoms with Gasteiger partial charge in [0.1, 0.15) is 6.10 Å². The molecule has 0 aliphatic carbocycles. The van der Waals surface area contributed by atoms with Gasteiger partial charge in [0, 0.05) is 0 Å². The number of hydrogen-bond donors (Lipinski definition) is 0. The van der Waals surface area contributed by atoms with Crippen LogP contribution in [0.4, 0.5) is 0 Å². The maximum absolute atomic E-state index is 11.6. The van der Waals surface area contributed by atoms with Gasteiger partial charge in [0.15, 0.2) is 0 Å². The molecule has 0 aromatic rings. The zero-order chi connectivity index (χ0) is 17.5. The van der Waals surface area contributed by atoms with Gasteiger partial charge in [-0.05, 0) is 44.9 Å². The zero-order valence-electron chi connectivity index (χ0n) is 15.6. The molecule has 0 aromatic carbocycles.